The van der Waals surface area contributed by atoms with Gasteiger partial charge in [0.25, 0.3) is 0 Å². The largest absolute Gasteiger partial charge is 0.496 e. The Labute approximate surface area is 134 Å². The van der Waals surface area contributed by atoms with Crippen molar-refractivity contribution >= 4 is 44.2 Å². The lowest BCUT2D eigenvalue weighted by Crippen LogP contribution is -2.41. The average molecular weight is 311 g/mol. The lowest BCUT2D eigenvalue weighted by Gasteiger charge is -2.32. The monoisotopic (exact) mass is 311 g/mol. The molecule has 1 fully saturated rings. The minimum absolute atomic E-state index is 0.330. The van der Waals surface area contributed by atoms with Crippen LogP contribution in [0, 0.1) is 0 Å². The quantitative estimate of drug-likeness (QED) is 0.641. The van der Waals surface area contributed by atoms with Gasteiger partial charge in [0.2, 0.25) is 0 Å². The molecule has 1 saturated heterocycles. The molecule has 2 aromatic heterocycles. The first-order valence-corrected chi connectivity index (χ1v) is 8.32. The van der Waals surface area contributed by atoms with Crippen molar-refractivity contribution in [3.8, 4) is 0 Å². The number of hydrogen-bond donors (Lipinski definition) is 0. The third kappa shape index (κ3) is 2.00. The van der Waals surface area contributed by atoms with Crippen molar-refractivity contribution in [3.63, 3.8) is 0 Å². The molecule has 0 unspecified atom stereocenters. The fourth-order valence-corrected chi connectivity index (χ4v) is 3.76. The first-order valence-electron chi connectivity index (χ1n) is 7.50. The van der Waals surface area contributed by atoms with E-state index in [-0.39, 0.29) is 18.3 Å². The van der Waals surface area contributed by atoms with Crippen LogP contribution in [-0.4, -0.2) is 23.3 Å². The molecule has 0 atom stereocenters. The van der Waals surface area contributed by atoms with E-state index in [1.165, 1.54) is 15.5 Å². The number of fused-ring (bicyclic) bond motifs is 3. The van der Waals surface area contributed by atoms with Crippen LogP contribution in [0.15, 0.2) is 36.5 Å². The fraction of sp³-hybridized carbons (Fsp3) is 0.353. The molecule has 0 spiro atoms. The summed E-state index contributed by atoms with van der Waals surface area (Å²) in [5, 5.41) is 2.42. The van der Waals surface area contributed by atoms with Crippen molar-refractivity contribution < 1.29 is 9.31 Å². The maximum atomic E-state index is 6.13. The van der Waals surface area contributed by atoms with E-state index in [9.17, 15) is 0 Å². The molecule has 0 saturated carbocycles. The Bertz CT molecular complexity index is 855. The molecule has 22 heavy (non-hydrogen) atoms. The number of benzene rings is 1. The highest BCUT2D eigenvalue weighted by Gasteiger charge is 2.51. The van der Waals surface area contributed by atoms with Crippen molar-refractivity contribution in [2.24, 2.45) is 0 Å². The van der Waals surface area contributed by atoms with Crippen LogP contribution in [0.1, 0.15) is 27.7 Å². The number of thiophene rings is 1. The second-order valence-electron chi connectivity index (χ2n) is 6.81. The van der Waals surface area contributed by atoms with E-state index in [0.717, 1.165) is 10.3 Å². The summed E-state index contributed by atoms with van der Waals surface area (Å²) in [7, 11) is -0.361. The Morgan fingerprint density at radius 3 is 2.41 bits per heavy atom. The number of hydrogen-bond acceptors (Lipinski definition) is 4. The number of nitrogens with zero attached hydrogens (tertiary/aromatic N) is 1. The van der Waals surface area contributed by atoms with Crippen molar-refractivity contribution in [2.75, 3.05) is 0 Å². The Morgan fingerprint density at radius 1 is 1.00 bits per heavy atom. The topological polar surface area (TPSA) is 31.4 Å². The summed E-state index contributed by atoms with van der Waals surface area (Å²) in [6.07, 6.45) is 1.87. The summed E-state index contributed by atoms with van der Waals surface area (Å²) < 4.78 is 13.5. The number of pyridine rings is 1. The van der Waals surface area contributed by atoms with Crippen LogP contribution in [0.25, 0.3) is 20.3 Å². The van der Waals surface area contributed by atoms with Crippen LogP contribution < -0.4 is 5.46 Å². The first kappa shape index (κ1) is 14.2. The predicted molar refractivity (Wildman–Crippen MR) is 92.8 cm³/mol. The lowest BCUT2D eigenvalue weighted by molar-refractivity contribution is 0.00578. The Balaban J connectivity index is 1.82. The van der Waals surface area contributed by atoms with Gasteiger partial charge in [-0.2, -0.15) is 0 Å². The van der Waals surface area contributed by atoms with Gasteiger partial charge in [-0.3, -0.25) is 0 Å². The smallest absolute Gasteiger partial charge is 0.399 e. The Morgan fingerprint density at radius 2 is 1.68 bits per heavy atom. The maximum absolute atomic E-state index is 6.13. The Hall–Kier alpha value is -1.43. The SMILES string of the molecule is CC1(C)OB(c2cnc3sc4ccccc4c3c2)OC1(C)C. The van der Waals surface area contributed by atoms with Crippen molar-refractivity contribution in [1.29, 1.82) is 0 Å². The van der Waals surface area contributed by atoms with Gasteiger partial charge in [0.05, 0.1) is 11.2 Å². The van der Waals surface area contributed by atoms with Gasteiger partial charge >= 0.3 is 7.12 Å². The van der Waals surface area contributed by atoms with Gasteiger partial charge < -0.3 is 9.31 Å². The molecule has 0 aliphatic carbocycles. The van der Waals surface area contributed by atoms with Crippen molar-refractivity contribution in [1.82, 2.24) is 4.98 Å². The highest BCUT2D eigenvalue weighted by atomic mass is 32.1. The molecule has 1 aliphatic heterocycles. The zero-order valence-electron chi connectivity index (χ0n) is 13.2. The molecule has 3 heterocycles. The van der Waals surface area contributed by atoms with E-state index in [0.29, 0.717) is 0 Å². The molecule has 0 bridgehead atoms. The summed E-state index contributed by atoms with van der Waals surface area (Å²) in [5.41, 5.74) is 0.321. The molecule has 3 aromatic rings. The highest BCUT2D eigenvalue weighted by Crippen LogP contribution is 2.37. The van der Waals surface area contributed by atoms with Crippen LogP contribution in [-0.2, 0) is 9.31 Å². The zero-order chi connectivity index (χ0) is 15.5. The predicted octanol–water partition coefficient (Wildman–Crippen LogP) is 3.75. The van der Waals surface area contributed by atoms with Crippen LogP contribution >= 0.6 is 11.3 Å². The standard InChI is InChI=1S/C17H18BNO2S/c1-16(2)17(3,4)21-18(20-16)11-9-13-12-7-5-6-8-14(12)22-15(13)19-10-11/h5-10H,1-4H3. The second-order valence-corrected chi connectivity index (χ2v) is 7.84. The number of rotatable bonds is 1. The van der Waals surface area contributed by atoms with Gasteiger partial charge in [0.1, 0.15) is 4.83 Å². The maximum Gasteiger partial charge on any atom is 0.496 e. The van der Waals surface area contributed by atoms with E-state index in [1.807, 2.05) is 6.20 Å². The molecule has 1 aromatic carbocycles. The zero-order valence-corrected chi connectivity index (χ0v) is 14.0. The molecular weight excluding hydrogens is 293 g/mol. The first-order chi connectivity index (χ1) is 10.4. The molecule has 0 radical (unpaired) electrons. The van der Waals surface area contributed by atoms with Gasteiger partial charge in [0.15, 0.2) is 0 Å². The van der Waals surface area contributed by atoms with Crippen LogP contribution in [0.2, 0.25) is 0 Å². The van der Waals surface area contributed by atoms with Crippen LogP contribution in [0.5, 0.6) is 0 Å². The van der Waals surface area contributed by atoms with E-state index >= 15 is 0 Å². The third-order valence-corrected chi connectivity index (χ3v) is 5.88. The normalized spacial score (nSPS) is 20.1. The molecule has 0 amide bonds. The van der Waals surface area contributed by atoms with Gasteiger partial charge in [-0.25, -0.2) is 4.98 Å². The van der Waals surface area contributed by atoms with Crippen LogP contribution in [0.4, 0.5) is 0 Å². The molecule has 0 N–H and O–H groups in total. The number of aromatic nitrogens is 1. The third-order valence-electron chi connectivity index (χ3n) is 4.78. The van der Waals surface area contributed by atoms with Gasteiger partial charge in [-0.05, 0) is 33.8 Å². The van der Waals surface area contributed by atoms with E-state index in [1.54, 1.807) is 11.3 Å². The summed E-state index contributed by atoms with van der Waals surface area (Å²) in [5.74, 6) is 0. The highest BCUT2D eigenvalue weighted by molar-refractivity contribution is 7.25. The van der Waals surface area contributed by atoms with E-state index in [2.05, 4.69) is 63.0 Å². The second kappa shape index (κ2) is 4.54. The van der Waals surface area contributed by atoms with Crippen molar-refractivity contribution in [3.05, 3.63) is 36.5 Å². The van der Waals surface area contributed by atoms with Crippen molar-refractivity contribution in [2.45, 2.75) is 38.9 Å². The van der Waals surface area contributed by atoms with E-state index in [4.69, 9.17) is 9.31 Å². The molecule has 112 valence electrons. The summed E-state index contributed by atoms with van der Waals surface area (Å²) in [4.78, 5) is 5.67. The van der Waals surface area contributed by atoms with Gasteiger partial charge in [0, 0.05) is 27.1 Å². The van der Waals surface area contributed by atoms with E-state index < -0.39 is 0 Å². The molecule has 1 aliphatic rings. The average Bonchev–Trinajstić information content (AvgIpc) is 2.93. The summed E-state index contributed by atoms with van der Waals surface area (Å²) in [6, 6.07) is 10.6. The van der Waals surface area contributed by atoms with Gasteiger partial charge in [-0.1, -0.05) is 24.3 Å². The molecule has 5 heteroatoms. The fourth-order valence-electron chi connectivity index (χ4n) is 2.73. The summed E-state index contributed by atoms with van der Waals surface area (Å²) in [6.45, 7) is 8.27. The summed E-state index contributed by atoms with van der Waals surface area (Å²) >= 11 is 1.72. The minimum atomic E-state index is -0.361. The molecule has 3 nitrogen and oxygen atoms in total. The lowest BCUT2D eigenvalue weighted by atomic mass is 9.80. The molecular formula is C17H18BNO2S. The van der Waals surface area contributed by atoms with Crippen LogP contribution in [0.3, 0.4) is 0 Å². The molecule has 4 rings (SSSR count). The van der Waals surface area contributed by atoms with Gasteiger partial charge in [-0.15, -0.1) is 11.3 Å². The minimum Gasteiger partial charge on any atom is -0.399 e. The Kier molecular flexibility index (Phi) is 2.93.